The van der Waals surface area contributed by atoms with Crippen LogP contribution in [0.15, 0.2) is 0 Å². The third kappa shape index (κ3) is 5.35. The molecular formula is C40H67NO8. The first-order chi connectivity index (χ1) is 22.6. The van der Waals surface area contributed by atoms with E-state index >= 15 is 0 Å². The van der Waals surface area contributed by atoms with Gasteiger partial charge >= 0.3 is 5.97 Å². The summed E-state index contributed by atoms with van der Waals surface area (Å²) < 4.78 is 25.6. The second-order valence-electron chi connectivity index (χ2n) is 20.2. The number of morpholine rings is 1. The molecule has 0 aromatic carbocycles. The second-order valence-corrected chi connectivity index (χ2v) is 20.2. The number of hydrogen-bond donors (Lipinski definition) is 3. The molecule has 7 rings (SSSR count). The highest BCUT2D eigenvalue weighted by Crippen LogP contribution is 2.89. The molecule has 14 atom stereocenters. The summed E-state index contributed by atoms with van der Waals surface area (Å²) in [5.74, 6) is 1.03. The lowest BCUT2D eigenvalue weighted by Crippen LogP contribution is -2.60. The van der Waals surface area contributed by atoms with Crippen LogP contribution in [0.3, 0.4) is 0 Å². The first-order valence-corrected chi connectivity index (χ1v) is 19.6. The number of aliphatic hydroxyl groups is 3. The zero-order chi connectivity index (χ0) is 35.7. The Hall–Kier alpha value is -0.810. The number of carbonyl (C=O) groups is 1. The molecule has 7 fully saturated rings. The van der Waals surface area contributed by atoms with Crippen LogP contribution in [0.1, 0.15) is 121 Å². The number of β-amino-alcohol motifs (C(OH)–C–C–N with tert-alkyl or cyclic N) is 1. The normalized spacial score (nSPS) is 49.9. The molecule has 0 aromatic rings. The molecule has 9 heteroatoms. The first-order valence-electron chi connectivity index (χ1n) is 19.6. The summed E-state index contributed by atoms with van der Waals surface area (Å²) in [6.45, 7) is 23.2. The van der Waals surface area contributed by atoms with Gasteiger partial charge in [0.15, 0.2) is 12.4 Å². The van der Waals surface area contributed by atoms with Crippen molar-refractivity contribution in [3.8, 4) is 0 Å². The lowest BCUT2D eigenvalue weighted by molar-refractivity contribution is -0.250. The van der Waals surface area contributed by atoms with Gasteiger partial charge in [0.1, 0.15) is 0 Å². The maximum Gasteiger partial charge on any atom is 0.303 e. The molecule has 2 heterocycles. The molecule has 0 bridgehead atoms. The highest BCUT2D eigenvalue weighted by atomic mass is 16.7. The Morgan fingerprint density at radius 1 is 1.00 bits per heavy atom. The number of aliphatic hydroxyl groups excluding tert-OH is 1. The number of esters is 1. The maximum absolute atomic E-state index is 12.6. The highest BCUT2D eigenvalue weighted by Gasteiger charge is 2.84. The van der Waals surface area contributed by atoms with E-state index in [1.54, 1.807) is 13.8 Å². The molecule has 5 saturated carbocycles. The number of fused-ring (bicyclic) bond motifs is 4. The van der Waals surface area contributed by atoms with Crippen LogP contribution in [-0.4, -0.2) is 100 Å². The van der Waals surface area contributed by atoms with Gasteiger partial charge in [0.05, 0.1) is 42.2 Å². The van der Waals surface area contributed by atoms with E-state index in [2.05, 4.69) is 39.5 Å². The van der Waals surface area contributed by atoms with Crippen LogP contribution in [0.25, 0.3) is 0 Å². The Labute approximate surface area is 295 Å². The van der Waals surface area contributed by atoms with E-state index in [9.17, 15) is 20.1 Å². The molecule has 49 heavy (non-hydrogen) atoms. The van der Waals surface area contributed by atoms with Crippen LogP contribution in [0.5, 0.6) is 0 Å². The van der Waals surface area contributed by atoms with E-state index in [0.717, 1.165) is 32.2 Å². The van der Waals surface area contributed by atoms with Crippen LogP contribution < -0.4 is 0 Å². The van der Waals surface area contributed by atoms with E-state index in [1.807, 2.05) is 13.8 Å². The Morgan fingerprint density at radius 3 is 2.33 bits per heavy atom. The molecule has 0 radical (unpaired) electrons. The highest BCUT2D eigenvalue weighted by molar-refractivity contribution is 5.66. The number of nitrogens with zero attached hydrogens (tertiary/aromatic N) is 1. The summed E-state index contributed by atoms with van der Waals surface area (Å²) in [6.07, 6.45) is 6.35. The van der Waals surface area contributed by atoms with Gasteiger partial charge in [-0.2, -0.15) is 0 Å². The maximum atomic E-state index is 12.6. The SMILES string of the molecule is CC(=O)OC(C1C[C@@H](C)C2C(O1)[C@H](O)[C@@]1(C)C3CC[C@H]4C(C)(C)C(O[C@H]5CN(CC(C)(C)O)CCO5)CCC45CC35CCC21C)C(C)(C)O. The first kappa shape index (κ1) is 36.5. The van der Waals surface area contributed by atoms with Crippen molar-refractivity contribution in [2.45, 2.75) is 169 Å². The molecule has 2 spiro atoms. The Bertz CT molecular complexity index is 1290. The predicted octanol–water partition coefficient (Wildman–Crippen LogP) is 5.32. The van der Waals surface area contributed by atoms with Crippen molar-refractivity contribution in [2.24, 2.45) is 50.7 Å². The van der Waals surface area contributed by atoms with Crippen LogP contribution in [0.4, 0.5) is 0 Å². The number of ether oxygens (including phenoxy) is 4. The minimum absolute atomic E-state index is 0.00616. The van der Waals surface area contributed by atoms with Gasteiger partial charge in [-0.15, -0.1) is 0 Å². The average Bonchev–Trinajstić information content (AvgIpc) is 3.61. The summed E-state index contributed by atoms with van der Waals surface area (Å²) in [4.78, 5) is 14.4. The third-order valence-corrected chi connectivity index (χ3v) is 16.1. The molecule has 280 valence electrons. The molecule has 5 aliphatic carbocycles. The fourth-order valence-corrected chi connectivity index (χ4v) is 14.2. The van der Waals surface area contributed by atoms with Gasteiger partial charge in [0, 0.05) is 32.0 Å². The fourth-order valence-electron chi connectivity index (χ4n) is 14.2. The Morgan fingerprint density at radius 2 is 1.67 bits per heavy atom. The largest absolute Gasteiger partial charge is 0.457 e. The Balaban J connectivity index is 1.11. The van der Waals surface area contributed by atoms with Gasteiger partial charge in [0.25, 0.3) is 0 Å². The number of carbonyl (C=O) groups excluding carboxylic acids is 1. The van der Waals surface area contributed by atoms with E-state index in [-0.39, 0.29) is 57.4 Å². The van der Waals surface area contributed by atoms with Crippen molar-refractivity contribution in [3.05, 3.63) is 0 Å². The second kappa shape index (κ2) is 11.6. The lowest BCUT2D eigenvalue weighted by atomic mass is 9.41. The van der Waals surface area contributed by atoms with Gasteiger partial charge in [-0.1, -0.05) is 34.6 Å². The van der Waals surface area contributed by atoms with Crippen molar-refractivity contribution in [3.63, 3.8) is 0 Å². The average molecular weight is 690 g/mol. The van der Waals surface area contributed by atoms with Gasteiger partial charge in [-0.05, 0) is 124 Å². The smallest absolute Gasteiger partial charge is 0.303 e. The number of hydrogen-bond acceptors (Lipinski definition) is 9. The molecule has 2 aliphatic heterocycles. The van der Waals surface area contributed by atoms with E-state index in [4.69, 9.17) is 18.9 Å². The molecule has 0 aromatic heterocycles. The quantitative estimate of drug-likeness (QED) is 0.306. The summed E-state index contributed by atoms with van der Waals surface area (Å²) in [7, 11) is 0. The topological polar surface area (TPSA) is 118 Å². The molecule has 9 nitrogen and oxygen atoms in total. The van der Waals surface area contributed by atoms with E-state index in [0.29, 0.717) is 38.0 Å². The van der Waals surface area contributed by atoms with Gasteiger partial charge in [0.2, 0.25) is 0 Å². The number of rotatable bonds is 7. The van der Waals surface area contributed by atoms with Crippen LogP contribution in [0, 0.1) is 50.7 Å². The predicted molar refractivity (Wildman–Crippen MR) is 185 cm³/mol. The molecule has 7 aliphatic rings. The van der Waals surface area contributed by atoms with Crippen molar-refractivity contribution in [1.29, 1.82) is 0 Å². The minimum Gasteiger partial charge on any atom is -0.457 e. The van der Waals surface area contributed by atoms with Gasteiger partial charge in [-0.3, -0.25) is 9.69 Å². The van der Waals surface area contributed by atoms with Gasteiger partial charge < -0.3 is 34.3 Å². The van der Waals surface area contributed by atoms with Crippen molar-refractivity contribution in [1.82, 2.24) is 4.90 Å². The van der Waals surface area contributed by atoms with Crippen molar-refractivity contribution < 1.29 is 39.1 Å². The molecular weight excluding hydrogens is 622 g/mol. The standard InChI is InChI=1S/C40H67NO8/c1-23-19-25(33(36(7,8)45)47-24(2)42)48-31-30(23)37(9)15-16-40-21-39(40)14-13-28(49-29-20-41(17-18-46-29)22-34(3,4)44)35(5,6)26(39)11-12-27(40)38(37,10)32(31)43/h23,25-33,43-45H,11-22H2,1-10H3/t23-,25?,26+,27?,28?,29+,30?,31?,32+,33?,37?,38-,39?,40?/m1/s1. The summed E-state index contributed by atoms with van der Waals surface area (Å²) in [5, 5.41) is 34.0. The van der Waals surface area contributed by atoms with Crippen LogP contribution in [-0.2, 0) is 23.7 Å². The Kier molecular flexibility index (Phi) is 8.65. The molecule has 2 saturated heterocycles. The summed E-state index contributed by atoms with van der Waals surface area (Å²) >= 11 is 0. The fraction of sp³-hybridized carbons (Fsp3) is 0.975. The van der Waals surface area contributed by atoms with Crippen molar-refractivity contribution >= 4 is 5.97 Å². The minimum atomic E-state index is -1.26. The molecule has 0 amide bonds. The van der Waals surface area contributed by atoms with Gasteiger partial charge in [-0.25, -0.2) is 0 Å². The van der Waals surface area contributed by atoms with Crippen LogP contribution in [0.2, 0.25) is 0 Å². The lowest BCUT2D eigenvalue weighted by Gasteiger charge is -2.64. The summed E-state index contributed by atoms with van der Waals surface area (Å²) in [5.41, 5.74) is -1.83. The van der Waals surface area contributed by atoms with Crippen molar-refractivity contribution in [2.75, 3.05) is 26.2 Å². The molecule has 9 unspecified atom stereocenters. The molecule has 3 N–H and O–H groups in total. The zero-order valence-electron chi connectivity index (χ0n) is 32.1. The monoisotopic (exact) mass is 689 g/mol. The van der Waals surface area contributed by atoms with Crippen LogP contribution >= 0.6 is 0 Å². The summed E-state index contributed by atoms with van der Waals surface area (Å²) in [6, 6.07) is 0. The van der Waals surface area contributed by atoms with E-state index in [1.165, 1.54) is 26.2 Å². The van der Waals surface area contributed by atoms with E-state index < -0.39 is 35.5 Å². The third-order valence-electron chi connectivity index (χ3n) is 16.1. The zero-order valence-corrected chi connectivity index (χ0v) is 32.1.